The average Bonchev–Trinajstić information content (AvgIpc) is 2.92. The van der Waals surface area contributed by atoms with Gasteiger partial charge in [0, 0.05) is 37.2 Å². The fraction of sp³-hybridized carbons (Fsp3) is 0.611. The fourth-order valence-corrected chi connectivity index (χ4v) is 3.06. The molecule has 0 spiro atoms. The first kappa shape index (κ1) is 16.3. The molecule has 3 rings (SSSR count). The van der Waals surface area contributed by atoms with Crippen molar-refractivity contribution in [2.24, 2.45) is 5.41 Å². The Bertz CT molecular complexity index is 569. The zero-order chi connectivity index (χ0) is 16.3. The number of nitrogens with zero attached hydrogens (tertiary/aromatic N) is 1. The molecule has 0 unspecified atom stereocenters. The third-order valence-corrected chi connectivity index (χ3v) is 4.53. The van der Waals surface area contributed by atoms with Crippen molar-refractivity contribution < 1.29 is 14.3 Å². The van der Waals surface area contributed by atoms with Gasteiger partial charge >= 0.3 is 0 Å². The van der Waals surface area contributed by atoms with Crippen molar-refractivity contribution in [2.75, 3.05) is 44.4 Å². The van der Waals surface area contributed by atoms with E-state index in [0.717, 1.165) is 56.3 Å². The lowest BCUT2D eigenvalue weighted by Gasteiger charge is -2.38. The summed E-state index contributed by atoms with van der Waals surface area (Å²) in [5, 5.41) is 3.42. The molecule has 1 aromatic rings. The highest BCUT2D eigenvalue weighted by Gasteiger charge is 2.32. The van der Waals surface area contributed by atoms with Crippen LogP contribution in [0.5, 0.6) is 5.75 Å². The third-order valence-electron chi connectivity index (χ3n) is 4.53. The molecule has 0 bridgehead atoms. The van der Waals surface area contributed by atoms with Crippen LogP contribution in [-0.2, 0) is 9.53 Å². The number of benzene rings is 1. The van der Waals surface area contributed by atoms with Crippen molar-refractivity contribution in [1.29, 1.82) is 0 Å². The van der Waals surface area contributed by atoms with Crippen molar-refractivity contribution in [3.05, 3.63) is 23.8 Å². The van der Waals surface area contributed by atoms with E-state index in [1.807, 2.05) is 30.0 Å². The lowest BCUT2D eigenvalue weighted by molar-refractivity contribution is -0.117. The highest BCUT2D eigenvalue weighted by molar-refractivity contribution is 5.95. The summed E-state index contributed by atoms with van der Waals surface area (Å²) in [6, 6.07) is 5.99. The van der Waals surface area contributed by atoms with E-state index in [2.05, 4.69) is 12.2 Å². The Balaban J connectivity index is 1.45. The molecule has 1 aromatic carbocycles. The van der Waals surface area contributed by atoms with E-state index < -0.39 is 0 Å². The Hall–Kier alpha value is -1.59. The van der Waals surface area contributed by atoms with Gasteiger partial charge in [-0.05, 0) is 37.1 Å². The first-order valence-corrected chi connectivity index (χ1v) is 8.40. The molecule has 2 heterocycles. The molecule has 0 radical (unpaired) electrons. The SMILES string of the molecule is Cc1cc(N2CCCC2=O)ccc1OCCNCC1(C)COC1. The topological polar surface area (TPSA) is 50.8 Å². The van der Waals surface area contributed by atoms with Crippen molar-refractivity contribution in [1.82, 2.24) is 5.32 Å². The Kier molecular flexibility index (Phi) is 4.87. The molecule has 2 saturated heterocycles. The Labute approximate surface area is 137 Å². The number of hydrogen-bond acceptors (Lipinski definition) is 4. The number of anilines is 1. The van der Waals surface area contributed by atoms with Crippen molar-refractivity contribution in [3.63, 3.8) is 0 Å². The molecular weight excluding hydrogens is 292 g/mol. The molecule has 5 nitrogen and oxygen atoms in total. The first-order chi connectivity index (χ1) is 11.1. The largest absolute Gasteiger partial charge is 0.492 e. The van der Waals surface area contributed by atoms with E-state index in [1.165, 1.54) is 0 Å². The fourth-order valence-electron chi connectivity index (χ4n) is 3.06. The number of ether oxygens (including phenoxy) is 2. The van der Waals surface area contributed by atoms with Gasteiger partial charge in [-0.25, -0.2) is 0 Å². The van der Waals surface area contributed by atoms with Crippen molar-refractivity contribution >= 4 is 11.6 Å². The summed E-state index contributed by atoms with van der Waals surface area (Å²) >= 11 is 0. The van der Waals surface area contributed by atoms with E-state index in [0.29, 0.717) is 18.4 Å². The molecule has 2 fully saturated rings. The molecule has 0 atom stereocenters. The highest BCUT2D eigenvalue weighted by Crippen LogP contribution is 2.27. The van der Waals surface area contributed by atoms with Crippen LogP contribution in [0, 0.1) is 12.3 Å². The third kappa shape index (κ3) is 3.85. The molecule has 0 saturated carbocycles. The van der Waals surface area contributed by atoms with Crippen molar-refractivity contribution in [3.8, 4) is 5.75 Å². The number of nitrogens with one attached hydrogen (secondary N) is 1. The van der Waals surface area contributed by atoms with Gasteiger partial charge in [-0.3, -0.25) is 4.79 Å². The second-order valence-electron chi connectivity index (χ2n) is 6.93. The van der Waals surface area contributed by atoms with Gasteiger partial charge in [0.1, 0.15) is 12.4 Å². The summed E-state index contributed by atoms with van der Waals surface area (Å²) in [4.78, 5) is 13.7. The Morgan fingerprint density at radius 1 is 1.39 bits per heavy atom. The number of aryl methyl sites for hydroxylation is 1. The lowest BCUT2D eigenvalue weighted by atomic mass is 9.89. The summed E-state index contributed by atoms with van der Waals surface area (Å²) in [6.45, 7) is 9.19. The van der Waals surface area contributed by atoms with E-state index in [4.69, 9.17) is 9.47 Å². The van der Waals surface area contributed by atoms with E-state index in [-0.39, 0.29) is 5.91 Å². The van der Waals surface area contributed by atoms with Crippen LogP contribution in [0.15, 0.2) is 18.2 Å². The molecule has 5 heteroatoms. The van der Waals surface area contributed by atoms with Crippen molar-refractivity contribution in [2.45, 2.75) is 26.7 Å². The van der Waals surface area contributed by atoms with Gasteiger partial charge in [0.05, 0.1) is 13.2 Å². The molecule has 0 aromatic heterocycles. The maximum atomic E-state index is 11.8. The van der Waals surface area contributed by atoms with E-state index in [9.17, 15) is 4.79 Å². The minimum absolute atomic E-state index is 0.218. The van der Waals surface area contributed by atoms with Crippen LogP contribution in [0.4, 0.5) is 5.69 Å². The summed E-state index contributed by atoms with van der Waals surface area (Å²) in [5.41, 5.74) is 2.34. The monoisotopic (exact) mass is 318 g/mol. The van der Waals surface area contributed by atoms with Crippen LogP contribution in [-0.4, -0.2) is 45.4 Å². The average molecular weight is 318 g/mol. The Morgan fingerprint density at radius 3 is 2.83 bits per heavy atom. The highest BCUT2D eigenvalue weighted by atomic mass is 16.5. The lowest BCUT2D eigenvalue weighted by Crippen LogP contribution is -2.47. The van der Waals surface area contributed by atoms with Gasteiger partial charge < -0.3 is 19.7 Å². The van der Waals surface area contributed by atoms with Crippen LogP contribution < -0.4 is 15.0 Å². The van der Waals surface area contributed by atoms with Gasteiger partial charge in [0.25, 0.3) is 0 Å². The zero-order valence-corrected chi connectivity index (χ0v) is 14.1. The molecule has 1 amide bonds. The molecule has 1 N–H and O–H groups in total. The number of carbonyl (C=O) groups excluding carboxylic acids is 1. The predicted octanol–water partition coefficient (Wildman–Crippen LogP) is 2.13. The second-order valence-corrected chi connectivity index (χ2v) is 6.93. The van der Waals surface area contributed by atoms with Gasteiger partial charge in [-0.1, -0.05) is 6.92 Å². The summed E-state index contributed by atoms with van der Waals surface area (Å²) in [7, 11) is 0. The summed E-state index contributed by atoms with van der Waals surface area (Å²) in [5.74, 6) is 1.11. The number of rotatable bonds is 7. The summed E-state index contributed by atoms with van der Waals surface area (Å²) in [6.07, 6.45) is 1.61. The minimum atomic E-state index is 0.218. The maximum Gasteiger partial charge on any atom is 0.227 e. The number of hydrogen-bond donors (Lipinski definition) is 1. The van der Waals surface area contributed by atoms with Gasteiger partial charge in [0.2, 0.25) is 5.91 Å². The maximum absolute atomic E-state index is 11.8. The van der Waals surface area contributed by atoms with Gasteiger partial charge in [-0.2, -0.15) is 0 Å². The molecule has 23 heavy (non-hydrogen) atoms. The minimum Gasteiger partial charge on any atom is -0.492 e. The van der Waals surface area contributed by atoms with Crippen LogP contribution in [0.1, 0.15) is 25.3 Å². The smallest absolute Gasteiger partial charge is 0.227 e. The molecule has 2 aliphatic heterocycles. The van der Waals surface area contributed by atoms with Crippen LogP contribution >= 0.6 is 0 Å². The predicted molar refractivity (Wildman–Crippen MR) is 90.1 cm³/mol. The van der Waals surface area contributed by atoms with E-state index >= 15 is 0 Å². The van der Waals surface area contributed by atoms with Gasteiger partial charge in [-0.15, -0.1) is 0 Å². The molecule has 126 valence electrons. The summed E-state index contributed by atoms with van der Waals surface area (Å²) < 4.78 is 11.1. The van der Waals surface area contributed by atoms with Crippen LogP contribution in [0.2, 0.25) is 0 Å². The van der Waals surface area contributed by atoms with Crippen LogP contribution in [0.25, 0.3) is 0 Å². The Morgan fingerprint density at radius 2 is 2.22 bits per heavy atom. The number of amides is 1. The molecule has 2 aliphatic rings. The number of carbonyl (C=O) groups is 1. The normalized spacial score (nSPS) is 19.7. The van der Waals surface area contributed by atoms with Crippen LogP contribution in [0.3, 0.4) is 0 Å². The quantitative estimate of drug-likeness (QED) is 0.783. The standard InChI is InChI=1S/C18H26N2O3/c1-14-10-15(20-8-3-4-17(20)21)5-6-16(14)23-9-7-19-11-18(2)12-22-13-18/h5-6,10,19H,3-4,7-9,11-13H2,1-2H3. The molecule has 0 aliphatic carbocycles. The molecular formula is C18H26N2O3. The second kappa shape index (κ2) is 6.89. The zero-order valence-electron chi connectivity index (χ0n) is 14.1. The van der Waals surface area contributed by atoms with E-state index in [1.54, 1.807) is 0 Å². The first-order valence-electron chi connectivity index (χ1n) is 8.40. The van der Waals surface area contributed by atoms with Gasteiger partial charge in [0.15, 0.2) is 0 Å².